The summed E-state index contributed by atoms with van der Waals surface area (Å²) in [6.07, 6.45) is 0. The van der Waals surface area contributed by atoms with Crippen LogP contribution in [-0.4, -0.2) is 12.1 Å². The van der Waals surface area contributed by atoms with E-state index in [0.29, 0.717) is 10.0 Å². The molecule has 0 atom stereocenters. The van der Waals surface area contributed by atoms with Gasteiger partial charge in [0.15, 0.2) is 0 Å². The highest BCUT2D eigenvalue weighted by Gasteiger charge is 2.08. The van der Waals surface area contributed by atoms with E-state index in [1.165, 1.54) is 11.3 Å². The van der Waals surface area contributed by atoms with Crippen molar-refractivity contribution in [3.8, 4) is 16.3 Å². The lowest BCUT2D eigenvalue weighted by molar-refractivity contribution is 0.415. The van der Waals surface area contributed by atoms with Gasteiger partial charge in [-0.25, -0.2) is 4.98 Å². The number of halogens is 1. The van der Waals surface area contributed by atoms with E-state index >= 15 is 0 Å². The largest absolute Gasteiger partial charge is 0.497 e. The highest BCUT2D eigenvalue weighted by atomic mass is 35.5. The number of methoxy groups -OCH3 is 1. The molecule has 0 saturated heterocycles. The van der Waals surface area contributed by atoms with E-state index in [1.54, 1.807) is 13.2 Å². The molecule has 15 heavy (non-hydrogen) atoms. The summed E-state index contributed by atoms with van der Waals surface area (Å²) in [5, 5.41) is 4.09. The number of hydrogen-bond acceptors (Lipinski definition) is 4. The van der Waals surface area contributed by atoms with Gasteiger partial charge in [-0.2, -0.15) is 0 Å². The van der Waals surface area contributed by atoms with Crippen molar-refractivity contribution in [2.75, 3.05) is 7.11 Å². The molecule has 0 unspecified atom stereocenters. The molecular weight excluding hydrogens is 250 g/mol. The number of nitrogens with zero attached hydrogens (tertiary/aromatic N) is 1. The summed E-state index contributed by atoms with van der Waals surface area (Å²) < 4.78 is 5.07. The molecule has 5 heteroatoms. The summed E-state index contributed by atoms with van der Waals surface area (Å²) in [6.45, 7) is 0. The summed E-state index contributed by atoms with van der Waals surface area (Å²) in [5.74, 6) is 0.742. The molecule has 1 aromatic heterocycles. The first-order chi connectivity index (χ1) is 7.20. The molecular formula is C10H8ClNOS2. The van der Waals surface area contributed by atoms with E-state index in [1.807, 2.05) is 17.5 Å². The molecule has 0 aliphatic carbocycles. The number of aromatic nitrogens is 1. The number of ether oxygens (including phenoxy) is 1. The molecule has 0 aliphatic rings. The van der Waals surface area contributed by atoms with Crippen LogP contribution in [0.15, 0.2) is 28.6 Å². The zero-order chi connectivity index (χ0) is 10.8. The first-order valence-corrected chi connectivity index (χ1v) is 5.89. The third-order valence-corrected chi connectivity index (χ3v) is 3.49. The van der Waals surface area contributed by atoms with Crippen LogP contribution in [0.5, 0.6) is 5.75 Å². The third kappa shape index (κ3) is 2.27. The zero-order valence-corrected chi connectivity index (χ0v) is 10.4. The lowest BCUT2D eigenvalue weighted by Crippen LogP contribution is -1.84. The fraction of sp³-hybridized carbons (Fsp3) is 0.100. The zero-order valence-electron chi connectivity index (χ0n) is 7.90. The van der Waals surface area contributed by atoms with Crippen LogP contribution < -0.4 is 4.74 Å². The maximum atomic E-state index is 6.11. The summed E-state index contributed by atoms with van der Waals surface area (Å²) in [7, 11) is 1.61. The second-order valence-corrected chi connectivity index (χ2v) is 4.58. The Morgan fingerprint density at radius 1 is 1.47 bits per heavy atom. The number of benzene rings is 1. The Balaban J connectivity index is 2.45. The Labute approximate surface area is 102 Å². The second-order valence-electron chi connectivity index (χ2n) is 2.86. The molecule has 0 radical (unpaired) electrons. The van der Waals surface area contributed by atoms with E-state index in [2.05, 4.69) is 17.6 Å². The highest BCUT2D eigenvalue weighted by Crippen LogP contribution is 2.33. The number of hydrogen-bond donors (Lipinski definition) is 1. The van der Waals surface area contributed by atoms with Gasteiger partial charge in [0.1, 0.15) is 15.8 Å². The van der Waals surface area contributed by atoms with Crippen LogP contribution in [0, 0.1) is 0 Å². The first kappa shape index (κ1) is 10.8. The van der Waals surface area contributed by atoms with Crippen LogP contribution >= 0.6 is 35.6 Å². The van der Waals surface area contributed by atoms with Crippen molar-refractivity contribution in [3.05, 3.63) is 28.6 Å². The average molecular weight is 258 g/mol. The minimum absolute atomic E-state index is 0.636. The van der Waals surface area contributed by atoms with Gasteiger partial charge in [0.05, 0.1) is 12.1 Å². The van der Waals surface area contributed by atoms with Crippen molar-refractivity contribution in [2.24, 2.45) is 0 Å². The van der Waals surface area contributed by atoms with E-state index < -0.39 is 0 Å². The molecule has 0 spiro atoms. The number of thiazole rings is 1. The second kappa shape index (κ2) is 4.43. The Bertz CT molecular complexity index is 484. The molecule has 1 aromatic carbocycles. The van der Waals surface area contributed by atoms with Gasteiger partial charge >= 0.3 is 0 Å². The lowest BCUT2D eigenvalue weighted by Gasteiger charge is -2.03. The lowest BCUT2D eigenvalue weighted by atomic mass is 10.2. The maximum Gasteiger partial charge on any atom is 0.126 e. The number of rotatable bonds is 2. The highest BCUT2D eigenvalue weighted by molar-refractivity contribution is 7.80. The Hall–Kier alpha value is -0.710. The Morgan fingerprint density at radius 3 is 2.80 bits per heavy atom. The van der Waals surface area contributed by atoms with Gasteiger partial charge in [0.25, 0.3) is 0 Å². The average Bonchev–Trinajstić information content (AvgIpc) is 2.64. The summed E-state index contributed by atoms with van der Waals surface area (Å²) in [5.41, 5.74) is 0.905. The third-order valence-electron chi connectivity index (χ3n) is 1.90. The van der Waals surface area contributed by atoms with Crippen LogP contribution in [0.3, 0.4) is 0 Å². The molecule has 1 heterocycles. The standard InChI is InChI=1S/C10H8ClNOS2/c1-13-6-2-3-7(8(11)4-6)10-12-9(14)5-15-10/h2-5,14H,1H3. The fourth-order valence-corrected chi connectivity index (χ4v) is 2.55. The van der Waals surface area contributed by atoms with Gasteiger partial charge in [-0.15, -0.1) is 24.0 Å². The van der Waals surface area contributed by atoms with Gasteiger partial charge < -0.3 is 4.74 Å². The predicted octanol–water partition coefficient (Wildman–Crippen LogP) is 3.76. The quantitative estimate of drug-likeness (QED) is 0.828. The molecule has 78 valence electrons. The van der Waals surface area contributed by atoms with Gasteiger partial charge in [0.2, 0.25) is 0 Å². The smallest absolute Gasteiger partial charge is 0.126 e. The van der Waals surface area contributed by atoms with Crippen molar-refractivity contribution in [2.45, 2.75) is 5.03 Å². The SMILES string of the molecule is COc1ccc(-c2nc(S)cs2)c(Cl)c1. The van der Waals surface area contributed by atoms with E-state index in [9.17, 15) is 0 Å². The van der Waals surface area contributed by atoms with Crippen LogP contribution in [0.1, 0.15) is 0 Å². The molecule has 0 saturated carbocycles. The molecule has 2 nitrogen and oxygen atoms in total. The summed E-state index contributed by atoms with van der Waals surface area (Å²) >= 11 is 11.8. The van der Waals surface area contributed by atoms with Crippen molar-refractivity contribution >= 4 is 35.6 Å². The molecule has 2 aromatic rings. The minimum Gasteiger partial charge on any atom is -0.497 e. The van der Waals surface area contributed by atoms with Gasteiger partial charge in [0, 0.05) is 10.9 Å². The topological polar surface area (TPSA) is 22.1 Å². The van der Waals surface area contributed by atoms with Crippen molar-refractivity contribution < 1.29 is 4.74 Å². The van der Waals surface area contributed by atoms with E-state index in [4.69, 9.17) is 16.3 Å². The van der Waals surface area contributed by atoms with Crippen LogP contribution in [0.4, 0.5) is 0 Å². The minimum atomic E-state index is 0.636. The molecule has 0 amide bonds. The first-order valence-electron chi connectivity index (χ1n) is 4.19. The number of thiol groups is 1. The molecule has 0 bridgehead atoms. The predicted molar refractivity (Wildman–Crippen MR) is 66.4 cm³/mol. The summed E-state index contributed by atoms with van der Waals surface area (Å²) in [6, 6.07) is 5.53. The van der Waals surface area contributed by atoms with Gasteiger partial charge in [-0.3, -0.25) is 0 Å². The van der Waals surface area contributed by atoms with Crippen LogP contribution in [-0.2, 0) is 0 Å². The monoisotopic (exact) mass is 257 g/mol. The normalized spacial score (nSPS) is 10.3. The van der Waals surface area contributed by atoms with Crippen molar-refractivity contribution in [1.29, 1.82) is 0 Å². The fourth-order valence-electron chi connectivity index (χ4n) is 1.19. The van der Waals surface area contributed by atoms with Gasteiger partial charge in [-0.05, 0) is 18.2 Å². The Morgan fingerprint density at radius 2 is 2.27 bits per heavy atom. The van der Waals surface area contributed by atoms with Crippen LogP contribution in [0.2, 0.25) is 5.02 Å². The van der Waals surface area contributed by atoms with Crippen molar-refractivity contribution in [3.63, 3.8) is 0 Å². The Kier molecular flexibility index (Phi) is 3.19. The molecule has 2 rings (SSSR count). The van der Waals surface area contributed by atoms with Crippen LogP contribution in [0.25, 0.3) is 10.6 Å². The van der Waals surface area contributed by atoms with Crippen molar-refractivity contribution in [1.82, 2.24) is 4.98 Å². The van der Waals surface area contributed by atoms with E-state index in [-0.39, 0.29) is 0 Å². The molecule has 0 fully saturated rings. The maximum absolute atomic E-state index is 6.11. The molecule has 0 aliphatic heterocycles. The van der Waals surface area contributed by atoms with Gasteiger partial charge in [-0.1, -0.05) is 11.6 Å². The summed E-state index contributed by atoms with van der Waals surface area (Å²) in [4.78, 5) is 4.25. The molecule has 0 N–H and O–H groups in total. The van der Waals surface area contributed by atoms with E-state index in [0.717, 1.165) is 16.3 Å².